The zero-order valence-corrected chi connectivity index (χ0v) is 24.1. The van der Waals surface area contributed by atoms with Gasteiger partial charge in [-0.1, -0.05) is 139 Å². The van der Waals surface area contributed by atoms with Crippen molar-refractivity contribution in [1.29, 1.82) is 0 Å². The Morgan fingerprint density at radius 1 is 0.395 bits per heavy atom. The molecule has 0 nitrogen and oxygen atoms in total. The van der Waals surface area contributed by atoms with E-state index in [0.29, 0.717) is 12.1 Å². The minimum atomic E-state index is 0.532. The second-order valence-electron chi connectivity index (χ2n) is 11.1. The van der Waals surface area contributed by atoms with Crippen LogP contribution in [0.2, 0.25) is 0 Å². The topological polar surface area (TPSA) is 0 Å². The highest BCUT2D eigenvalue weighted by atomic mass is 32.1. The van der Waals surface area contributed by atoms with Crippen LogP contribution in [-0.2, 0) is 0 Å². The molecular weight excluding hydrogens is 537 g/mol. The third-order valence-electron chi connectivity index (χ3n) is 8.73. The summed E-state index contributed by atoms with van der Waals surface area (Å²) in [5.74, 6) is 0. The minimum absolute atomic E-state index is 0.532. The van der Waals surface area contributed by atoms with Crippen molar-refractivity contribution in [3.05, 3.63) is 158 Å². The fourth-order valence-electron chi connectivity index (χ4n) is 6.81. The van der Waals surface area contributed by atoms with Gasteiger partial charge in [-0.05, 0) is 83.9 Å². The molecule has 1 heterocycles. The Labute approximate surface area is 256 Å². The van der Waals surface area contributed by atoms with Crippen LogP contribution < -0.4 is 0 Å². The lowest BCUT2D eigenvalue weighted by Gasteiger charge is -2.18. The summed E-state index contributed by atoms with van der Waals surface area (Å²) in [4.78, 5) is 0. The van der Waals surface area contributed by atoms with E-state index in [1.807, 2.05) is 30.3 Å². The van der Waals surface area contributed by atoms with E-state index in [4.69, 9.17) is 2.74 Å². The average Bonchev–Trinajstić information content (AvgIpc) is 3.45. The van der Waals surface area contributed by atoms with E-state index in [1.165, 1.54) is 70.4 Å². The van der Waals surface area contributed by atoms with Crippen molar-refractivity contribution in [3.63, 3.8) is 0 Å². The number of rotatable bonds is 3. The summed E-state index contributed by atoms with van der Waals surface area (Å²) in [6, 6.07) is 52.6. The van der Waals surface area contributed by atoms with Gasteiger partial charge in [-0.25, -0.2) is 0 Å². The summed E-state index contributed by atoms with van der Waals surface area (Å²) in [5.41, 5.74) is 7.28. The fraction of sp³-hybridized carbons (Fsp3) is 0. The first-order valence-electron chi connectivity index (χ1n) is 15.6. The summed E-state index contributed by atoms with van der Waals surface area (Å²) < 4.78 is 18.5. The van der Waals surface area contributed by atoms with Crippen LogP contribution in [0.4, 0.5) is 0 Å². The quantitative estimate of drug-likeness (QED) is 0.187. The Morgan fingerprint density at radius 2 is 1.00 bits per heavy atom. The van der Waals surface area contributed by atoms with Crippen LogP contribution in [0.1, 0.15) is 2.74 Å². The second kappa shape index (κ2) is 9.66. The van der Waals surface area contributed by atoms with E-state index >= 15 is 0 Å². The third kappa shape index (κ3) is 3.82. The second-order valence-corrected chi connectivity index (χ2v) is 12.2. The maximum Gasteiger partial charge on any atom is 0.0623 e. The highest BCUT2D eigenvalue weighted by Gasteiger charge is 2.17. The predicted octanol–water partition coefficient (Wildman–Crippen LogP) is 12.5. The molecule has 0 amide bonds. The average molecular weight is 565 g/mol. The first-order chi connectivity index (χ1) is 22.1. The molecule has 200 valence electrons. The van der Waals surface area contributed by atoms with Crippen molar-refractivity contribution in [2.45, 2.75) is 0 Å². The number of hydrogen-bond donors (Lipinski definition) is 0. The Balaban J connectivity index is 1.24. The molecule has 0 spiro atoms. The van der Waals surface area contributed by atoms with Crippen LogP contribution in [0, 0.1) is 0 Å². The molecule has 0 unspecified atom stereocenters. The van der Waals surface area contributed by atoms with Crippen LogP contribution >= 0.6 is 11.3 Å². The highest BCUT2D eigenvalue weighted by molar-refractivity contribution is 7.25. The zero-order valence-electron chi connectivity index (χ0n) is 25.3. The maximum atomic E-state index is 8.09. The lowest BCUT2D eigenvalue weighted by atomic mass is 9.85. The van der Waals surface area contributed by atoms with Crippen molar-refractivity contribution >= 4 is 63.8 Å². The van der Waals surface area contributed by atoms with Gasteiger partial charge in [0.25, 0.3) is 0 Å². The molecule has 0 atom stereocenters. The van der Waals surface area contributed by atoms with Gasteiger partial charge in [-0.15, -0.1) is 11.3 Å². The first-order valence-corrected chi connectivity index (χ1v) is 15.4. The van der Waals surface area contributed by atoms with Gasteiger partial charge in [-0.2, -0.15) is 0 Å². The Morgan fingerprint density at radius 3 is 1.74 bits per heavy atom. The molecule has 0 radical (unpaired) electrons. The molecule has 0 aliphatic rings. The summed E-state index contributed by atoms with van der Waals surface area (Å²) in [6.07, 6.45) is 0. The van der Waals surface area contributed by atoms with E-state index in [9.17, 15) is 0 Å². The predicted molar refractivity (Wildman–Crippen MR) is 188 cm³/mol. The van der Waals surface area contributed by atoms with Crippen LogP contribution in [0.25, 0.3) is 85.9 Å². The smallest absolute Gasteiger partial charge is 0.0623 e. The Hall–Kier alpha value is -5.24. The van der Waals surface area contributed by atoms with E-state index in [2.05, 4.69) is 115 Å². The summed E-state index contributed by atoms with van der Waals surface area (Å²) in [6.45, 7) is 0. The number of benzene rings is 8. The lowest BCUT2D eigenvalue weighted by Crippen LogP contribution is -1.91. The number of hydrogen-bond acceptors (Lipinski definition) is 1. The van der Waals surface area contributed by atoms with Crippen LogP contribution in [-0.4, -0.2) is 0 Å². The van der Waals surface area contributed by atoms with Crippen molar-refractivity contribution < 1.29 is 2.74 Å². The molecule has 0 aliphatic heterocycles. The maximum absolute atomic E-state index is 8.09. The van der Waals surface area contributed by atoms with Gasteiger partial charge >= 0.3 is 0 Å². The molecule has 1 heteroatoms. The largest absolute Gasteiger partial charge is 0.135 e. The molecule has 0 bridgehead atoms. The van der Waals surface area contributed by atoms with Crippen LogP contribution in [0.15, 0.2) is 158 Å². The summed E-state index contributed by atoms with van der Waals surface area (Å²) in [5, 5.41) is 9.64. The van der Waals surface area contributed by atoms with Gasteiger partial charge in [0, 0.05) is 20.2 Å². The SMILES string of the molecule is [2H]c1ccc2cc(-c3c4ccccc4c(-c4ccc(-c5cccc6sc7cc([2H])ccc7c56)cc4)c4ccccc34)ccc2c1. The molecule has 9 aromatic rings. The monoisotopic (exact) mass is 564 g/mol. The molecule has 9 rings (SSSR count). The van der Waals surface area contributed by atoms with Crippen molar-refractivity contribution in [2.75, 3.05) is 0 Å². The van der Waals surface area contributed by atoms with Gasteiger partial charge in [0.15, 0.2) is 0 Å². The molecule has 1 aromatic heterocycles. The van der Waals surface area contributed by atoms with E-state index in [1.54, 1.807) is 11.3 Å². The molecule has 0 saturated carbocycles. The molecule has 0 aliphatic carbocycles. The number of thiophene rings is 1. The van der Waals surface area contributed by atoms with Crippen molar-refractivity contribution in [1.82, 2.24) is 0 Å². The standard InChI is InChI=1S/C42H26S/c1-2-11-30-26-31(25-20-27(30)10-1)41-35-14-5-3-12-33(35)40(34-13-4-6-15-36(34)41)29-23-21-28(22-24-29)32-17-9-19-39-42(32)37-16-7-8-18-38(37)43-39/h1-26H/i1D,8D. The first kappa shape index (κ1) is 22.4. The Bertz CT molecular complexity index is 2550. The molecular formula is C42H26S. The van der Waals surface area contributed by atoms with Gasteiger partial charge in [0.2, 0.25) is 0 Å². The zero-order chi connectivity index (χ0) is 30.1. The van der Waals surface area contributed by atoms with E-state index in [-0.39, 0.29) is 0 Å². The van der Waals surface area contributed by atoms with Gasteiger partial charge in [-0.3, -0.25) is 0 Å². The molecule has 8 aromatic carbocycles. The lowest BCUT2D eigenvalue weighted by molar-refractivity contribution is 1.64. The highest BCUT2D eigenvalue weighted by Crippen LogP contribution is 2.45. The molecule has 43 heavy (non-hydrogen) atoms. The van der Waals surface area contributed by atoms with Gasteiger partial charge in [0.05, 0.1) is 2.74 Å². The molecule has 0 fully saturated rings. The fourth-order valence-corrected chi connectivity index (χ4v) is 7.92. The van der Waals surface area contributed by atoms with Crippen LogP contribution in [0.3, 0.4) is 0 Å². The van der Waals surface area contributed by atoms with Crippen molar-refractivity contribution in [3.8, 4) is 33.4 Å². The normalized spacial score (nSPS) is 12.4. The minimum Gasteiger partial charge on any atom is -0.135 e. The third-order valence-corrected chi connectivity index (χ3v) is 9.85. The van der Waals surface area contributed by atoms with Gasteiger partial charge < -0.3 is 0 Å². The van der Waals surface area contributed by atoms with Crippen molar-refractivity contribution in [2.24, 2.45) is 0 Å². The van der Waals surface area contributed by atoms with E-state index in [0.717, 1.165) is 15.5 Å². The molecule has 0 N–H and O–H groups in total. The molecule has 0 saturated heterocycles. The number of fused-ring (bicyclic) bond motifs is 6. The van der Waals surface area contributed by atoms with Crippen LogP contribution in [0.5, 0.6) is 0 Å². The van der Waals surface area contributed by atoms with E-state index < -0.39 is 0 Å². The summed E-state index contributed by atoms with van der Waals surface area (Å²) >= 11 is 1.76. The Kier molecular flexibility index (Phi) is 5.03. The van der Waals surface area contributed by atoms with Gasteiger partial charge in [0.1, 0.15) is 0 Å². The summed E-state index contributed by atoms with van der Waals surface area (Å²) in [7, 11) is 0.